The molecule has 6 unspecified atom stereocenters. The molecule has 7 rings (SSSR count). The molecule has 1 aromatic rings. The van der Waals surface area contributed by atoms with Crippen molar-refractivity contribution in [3.05, 3.63) is 36.0 Å². The van der Waals surface area contributed by atoms with Crippen LogP contribution in [0.25, 0.3) is 0 Å². The highest BCUT2D eigenvalue weighted by Gasteiger charge is 2.63. The number of amides is 2. The lowest BCUT2D eigenvalue weighted by atomic mass is 9.47. The molecular weight excluding hydrogens is 493 g/mol. The summed E-state index contributed by atoms with van der Waals surface area (Å²) < 4.78 is 38.2. The first-order chi connectivity index (χ1) is 16.8. The molecule has 0 radical (unpaired) electrons. The lowest BCUT2D eigenvalue weighted by Gasteiger charge is -2.55. The Morgan fingerprint density at radius 2 is 1.44 bits per heavy atom. The molecule has 2 bridgehead atoms. The number of piperazine rings is 1. The van der Waals surface area contributed by atoms with Crippen LogP contribution in [0, 0.1) is 35.5 Å². The topological polar surface area (TPSA) is 56.8 Å². The number of hydrogen-bond donors (Lipinski definition) is 0. The van der Waals surface area contributed by atoms with Crippen molar-refractivity contribution in [2.24, 2.45) is 35.5 Å². The zero-order valence-corrected chi connectivity index (χ0v) is 20.9. The van der Waals surface area contributed by atoms with E-state index >= 15 is 0 Å². The lowest BCUT2D eigenvalue weighted by Crippen LogP contribution is -2.53. The second kappa shape index (κ2) is 9.63. The van der Waals surface area contributed by atoms with Crippen molar-refractivity contribution >= 4 is 30.0 Å². The number of carbonyl (C=O) groups is 2. The Balaban J connectivity index is 0.00000267. The highest BCUT2D eigenvalue weighted by atomic mass is 35.5. The number of rotatable bonds is 6. The number of aromatic nitrogens is 1. The van der Waals surface area contributed by atoms with Crippen LogP contribution in [0.4, 0.5) is 19.0 Å². The van der Waals surface area contributed by atoms with E-state index in [4.69, 9.17) is 0 Å². The molecule has 4 fully saturated rings. The van der Waals surface area contributed by atoms with Gasteiger partial charge in [0.25, 0.3) is 0 Å². The van der Waals surface area contributed by atoms with Crippen LogP contribution in [0.1, 0.15) is 31.2 Å². The van der Waals surface area contributed by atoms with E-state index in [0.29, 0.717) is 37.3 Å². The van der Waals surface area contributed by atoms with Crippen LogP contribution in [0.3, 0.4) is 0 Å². The maximum Gasteiger partial charge on any atom is 0.417 e. The third-order valence-corrected chi connectivity index (χ3v) is 9.12. The van der Waals surface area contributed by atoms with E-state index in [1.807, 2.05) is 4.90 Å². The zero-order chi connectivity index (χ0) is 24.3. The van der Waals surface area contributed by atoms with Gasteiger partial charge in [-0.15, -0.1) is 12.4 Å². The first kappa shape index (κ1) is 25.5. The van der Waals surface area contributed by atoms with Crippen LogP contribution in [-0.4, -0.2) is 65.9 Å². The summed E-state index contributed by atoms with van der Waals surface area (Å²) in [5.41, 5.74) is -0.731. The minimum Gasteiger partial charge on any atom is -0.354 e. The Morgan fingerprint density at radius 1 is 0.861 bits per heavy atom. The van der Waals surface area contributed by atoms with Gasteiger partial charge in [-0.1, -0.05) is 12.2 Å². The molecule has 6 nitrogen and oxygen atoms in total. The number of allylic oxidation sites excluding steroid dienone is 2. The Kier molecular flexibility index (Phi) is 6.83. The first-order valence-electron chi connectivity index (χ1n) is 12.9. The molecule has 6 aliphatic rings. The van der Waals surface area contributed by atoms with Gasteiger partial charge in [0.2, 0.25) is 11.8 Å². The Morgan fingerprint density at radius 3 is 1.94 bits per heavy atom. The maximum atomic E-state index is 13.1. The first-order valence-corrected chi connectivity index (χ1v) is 12.9. The minimum atomic E-state index is -4.37. The fourth-order valence-corrected chi connectivity index (χ4v) is 7.17. The quantitative estimate of drug-likeness (QED) is 0.321. The summed E-state index contributed by atoms with van der Waals surface area (Å²) in [7, 11) is 0. The molecule has 4 aliphatic carbocycles. The Labute approximate surface area is 215 Å². The van der Waals surface area contributed by atoms with Crippen molar-refractivity contribution in [1.82, 2.24) is 14.8 Å². The summed E-state index contributed by atoms with van der Waals surface area (Å²) in [6.07, 6.45) is 5.07. The molecule has 0 spiro atoms. The van der Waals surface area contributed by atoms with Crippen molar-refractivity contribution in [3.8, 4) is 0 Å². The molecule has 0 N–H and O–H groups in total. The standard InChI is InChI=1S/C26H31F3N4O2.ClH/c27-26(28,29)16-3-8-21(30-15-16)32-13-11-31(12-14-32)9-1-2-10-33-24(34)22-19-6-7-20(23(22)25(33)35)18-5-4-17(18)19;/h3,6-8,15,17-20,22-23H,1-2,4-5,9-14H2;1H. The molecule has 196 valence electrons. The second-order valence-corrected chi connectivity index (χ2v) is 10.8. The smallest absolute Gasteiger partial charge is 0.354 e. The number of halogens is 4. The van der Waals surface area contributed by atoms with E-state index in [9.17, 15) is 22.8 Å². The molecule has 10 heteroatoms. The van der Waals surface area contributed by atoms with E-state index in [0.717, 1.165) is 44.7 Å². The number of likely N-dealkylation sites (tertiary alicyclic amines) is 1. The van der Waals surface area contributed by atoms with Crippen LogP contribution in [0.15, 0.2) is 30.5 Å². The average Bonchev–Trinajstić information content (AvgIpc) is 3.08. The van der Waals surface area contributed by atoms with Crippen molar-refractivity contribution in [1.29, 1.82) is 0 Å². The third kappa shape index (κ3) is 4.22. The molecule has 1 aromatic heterocycles. The summed E-state index contributed by atoms with van der Waals surface area (Å²) >= 11 is 0. The van der Waals surface area contributed by atoms with Crippen LogP contribution in [-0.2, 0) is 15.8 Å². The summed E-state index contributed by atoms with van der Waals surface area (Å²) in [4.78, 5) is 36.2. The summed E-state index contributed by atoms with van der Waals surface area (Å²) in [6.45, 7) is 4.44. The van der Waals surface area contributed by atoms with E-state index in [-0.39, 0.29) is 47.9 Å². The number of alkyl halides is 3. The Hall–Kier alpha value is -2.13. The number of hydrogen-bond acceptors (Lipinski definition) is 5. The monoisotopic (exact) mass is 524 g/mol. The Bertz CT molecular complexity index is 987. The summed E-state index contributed by atoms with van der Waals surface area (Å²) in [5.74, 6) is 2.20. The van der Waals surface area contributed by atoms with E-state index < -0.39 is 11.7 Å². The molecular formula is C26H32ClF3N4O2. The van der Waals surface area contributed by atoms with Gasteiger partial charge in [0.1, 0.15) is 5.82 Å². The number of carbonyl (C=O) groups excluding carboxylic acids is 2. The van der Waals surface area contributed by atoms with Gasteiger partial charge in [-0.05, 0) is 68.0 Å². The van der Waals surface area contributed by atoms with Gasteiger partial charge in [0.15, 0.2) is 0 Å². The number of pyridine rings is 1. The molecule has 2 amide bonds. The molecule has 2 saturated heterocycles. The number of unbranched alkanes of at least 4 members (excludes halogenated alkanes) is 1. The summed E-state index contributed by atoms with van der Waals surface area (Å²) in [5, 5.41) is 0. The fourth-order valence-electron chi connectivity index (χ4n) is 7.17. The van der Waals surface area contributed by atoms with Gasteiger partial charge in [-0.25, -0.2) is 4.98 Å². The van der Waals surface area contributed by atoms with E-state index in [1.54, 1.807) is 4.90 Å². The van der Waals surface area contributed by atoms with Crippen molar-refractivity contribution in [2.45, 2.75) is 31.9 Å². The zero-order valence-electron chi connectivity index (χ0n) is 20.1. The van der Waals surface area contributed by atoms with Gasteiger partial charge in [0, 0.05) is 38.9 Å². The third-order valence-electron chi connectivity index (χ3n) is 9.12. The van der Waals surface area contributed by atoms with Gasteiger partial charge in [0.05, 0.1) is 17.4 Å². The summed E-state index contributed by atoms with van der Waals surface area (Å²) in [6, 6.07) is 2.52. The van der Waals surface area contributed by atoms with Gasteiger partial charge in [-0.3, -0.25) is 19.4 Å². The van der Waals surface area contributed by atoms with Crippen LogP contribution in [0.2, 0.25) is 0 Å². The van der Waals surface area contributed by atoms with Crippen LogP contribution >= 0.6 is 12.4 Å². The van der Waals surface area contributed by atoms with Crippen molar-refractivity contribution < 1.29 is 22.8 Å². The maximum absolute atomic E-state index is 13.1. The highest BCUT2D eigenvalue weighted by Crippen LogP contribution is 2.61. The van der Waals surface area contributed by atoms with Crippen LogP contribution in [0.5, 0.6) is 0 Å². The predicted octanol–water partition coefficient (Wildman–Crippen LogP) is 3.87. The number of anilines is 1. The number of imide groups is 1. The van der Waals surface area contributed by atoms with Crippen molar-refractivity contribution in [3.63, 3.8) is 0 Å². The van der Waals surface area contributed by atoms with E-state index in [1.165, 1.54) is 18.9 Å². The second-order valence-electron chi connectivity index (χ2n) is 10.8. The van der Waals surface area contributed by atoms with Crippen LogP contribution < -0.4 is 4.90 Å². The SMILES string of the molecule is Cl.O=C1C2C3C=CC(C4CCC34)C2C(=O)N1CCCCN1CCN(c2ccc(C(F)(F)F)cn2)CC1. The fraction of sp³-hybridized carbons (Fsp3) is 0.654. The molecule has 2 aliphatic heterocycles. The lowest BCUT2D eigenvalue weighted by molar-refractivity contribution is -0.140. The van der Waals surface area contributed by atoms with Gasteiger partial charge < -0.3 is 4.90 Å². The molecule has 2 saturated carbocycles. The minimum absolute atomic E-state index is 0. The highest BCUT2D eigenvalue weighted by molar-refractivity contribution is 6.06. The predicted molar refractivity (Wildman–Crippen MR) is 130 cm³/mol. The van der Waals surface area contributed by atoms with E-state index in [2.05, 4.69) is 22.0 Å². The normalized spacial score (nSPS) is 33.3. The van der Waals surface area contributed by atoms with Gasteiger partial charge >= 0.3 is 6.18 Å². The molecule has 36 heavy (non-hydrogen) atoms. The number of nitrogens with zero attached hydrogens (tertiary/aromatic N) is 4. The molecule has 3 heterocycles. The van der Waals surface area contributed by atoms with Gasteiger partial charge in [-0.2, -0.15) is 13.2 Å². The van der Waals surface area contributed by atoms with Crippen molar-refractivity contribution in [2.75, 3.05) is 44.2 Å². The largest absolute Gasteiger partial charge is 0.417 e. The average molecular weight is 525 g/mol. The molecule has 0 aromatic carbocycles. The molecule has 6 atom stereocenters.